The van der Waals surface area contributed by atoms with Gasteiger partial charge in [-0.2, -0.15) is 5.10 Å². The van der Waals surface area contributed by atoms with E-state index in [4.69, 9.17) is 0 Å². The maximum Gasteiger partial charge on any atom is 0.256 e. The second-order valence-electron chi connectivity index (χ2n) is 11.6. The maximum absolute atomic E-state index is 13.4. The van der Waals surface area contributed by atoms with Crippen molar-refractivity contribution in [2.45, 2.75) is 90.8 Å². The molecule has 1 atom stereocenters. The van der Waals surface area contributed by atoms with E-state index in [2.05, 4.69) is 58.5 Å². The van der Waals surface area contributed by atoms with Crippen molar-refractivity contribution in [1.82, 2.24) is 25.0 Å². The Morgan fingerprint density at radius 3 is 2.46 bits per heavy atom. The van der Waals surface area contributed by atoms with E-state index < -0.39 is 0 Å². The molecule has 8 heteroatoms. The normalized spacial score (nSPS) is 18.4. The zero-order valence-electron chi connectivity index (χ0n) is 23.7. The molecule has 2 aliphatic rings. The summed E-state index contributed by atoms with van der Waals surface area (Å²) in [5.74, 6) is 0.198. The van der Waals surface area contributed by atoms with Crippen molar-refractivity contribution >= 4 is 28.5 Å². The molecule has 208 valence electrons. The molecule has 8 nitrogen and oxygen atoms in total. The van der Waals surface area contributed by atoms with Crippen LogP contribution < -0.4 is 10.6 Å². The van der Waals surface area contributed by atoms with Crippen LogP contribution in [0.3, 0.4) is 0 Å². The largest absolute Gasteiger partial charge is 0.353 e. The highest BCUT2D eigenvalue weighted by Gasteiger charge is 2.29. The number of aryl methyl sites for hydroxylation is 1. The van der Waals surface area contributed by atoms with Gasteiger partial charge < -0.3 is 10.6 Å². The van der Waals surface area contributed by atoms with Crippen LogP contribution in [0.2, 0.25) is 0 Å². The molecule has 1 saturated carbocycles. The fraction of sp³-hybridized carbons (Fsp3) is 0.548. The summed E-state index contributed by atoms with van der Waals surface area (Å²) in [5.41, 5.74) is 4.02. The van der Waals surface area contributed by atoms with Crippen LogP contribution in [0.25, 0.3) is 11.0 Å². The number of carbonyl (C=O) groups is 2. The van der Waals surface area contributed by atoms with Crippen molar-refractivity contribution in [3.05, 3.63) is 53.3 Å². The minimum absolute atomic E-state index is 0.113. The molecule has 1 aliphatic heterocycles. The van der Waals surface area contributed by atoms with Gasteiger partial charge in [0.2, 0.25) is 5.91 Å². The number of fused-ring (bicyclic) bond motifs is 1. The van der Waals surface area contributed by atoms with Gasteiger partial charge in [0.15, 0.2) is 5.65 Å². The Morgan fingerprint density at radius 1 is 1.00 bits per heavy atom. The molecular weight excluding hydrogens is 488 g/mol. The topological polar surface area (TPSA) is 92.2 Å². The highest BCUT2D eigenvalue weighted by Crippen LogP contribution is 2.29. The first kappa shape index (κ1) is 27.3. The van der Waals surface area contributed by atoms with Crippen LogP contribution in [-0.4, -0.2) is 50.6 Å². The van der Waals surface area contributed by atoms with Crippen molar-refractivity contribution < 1.29 is 9.59 Å². The summed E-state index contributed by atoms with van der Waals surface area (Å²) in [4.78, 5) is 33.3. The van der Waals surface area contributed by atoms with Crippen LogP contribution in [0.15, 0.2) is 36.5 Å². The minimum atomic E-state index is -0.164. The molecule has 3 aromatic rings. The predicted octanol–water partition coefficient (Wildman–Crippen LogP) is 5.79. The van der Waals surface area contributed by atoms with E-state index in [0.29, 0.717) is 11.6 Å². The molecule has 1 aliphatic carbocycles. The average Bonchev–Trinajstić information content (AvgIpc) is 3.37. The Morgan fingerprint density at radius 2 is 1.74 bits per heavy atom. The van der Waals surface area contributed by atoms with Gasteiger partial charge in [-0.1, -0.05) is 31.4 Å². The Balaban J connectivity index is 1.22. The maximum atomic E-state index is 13.4. The number of nitrogens with one attached hydrogen (secondary N) is 2. The molecule has 39 heavy (non-hydrogen) atoms. The number of piperidine rings is 1. The number of benzene rings is 1. The van der Waals surface area contributed by atoms with Crippen molar-refractivity contribution in [2.24, 2.45) is 5.92 Å². The van der Waals surface area contributed by atoms with Crippen molar-refractivity contribution in [3.8, 4) is 0 Å². The number of hydrogen-bond donors (Lipinski definition) is 2. The van der Waals surface area contributed by atoms with Crippen LogP contribution >= 0.6 is 0 Å². The fourth-order valence-corrected chi connectivity index (χ4v) is 6.11. The van der Waals surface area contributed by atoms with Gasteiger partial charge in [-0.15, -0.1) is 0 Å². The van der Waals surface area contributed by atoms with Crippen molar-refractivity contribution in [2.75, 3.05) is 18.4 Å². The standard InChI is InChI=1S/C31H42N6O2/c1-20(2)37-29-28(19-32-37)27(17-21(3)33-29)31(39)35-26-12-8-9-24(18-26)22(4)36-15-13-23(14-16-36)30(38)34-25-10-6-5-7-11-25/h8-9,12,17-20,22-23,25H,5-7,10-11,13-16H2,1-4H3,(H,34,38)(H,35,39). The van der Waals surface area contributed by atoms with Gasteiger partial charge in [0, 0.05) is 35.4 Å². The molecule has 0 spiro atoms. The number of anilines is 1. The summed E-state index contributed by atoms with van der Waals surface area (Å²) in [6.45, 7) is 10.0. The fourth-order valence-electron chi connectivity index (χ4n) is 6.11. The number of aromatic nitrogens is 3. The van der Waals surface area contributed by atoms with Crippen LogP contribution in [0.1, 0.15) is 99.4 Å². The summed E-state index contributed by atoms with van der Waals surface area (Å²) < 4.78 is 1.85. The van der Waals surface area contributed by atoms with E-state index in [1.54, 1.807) is 6.20 Å². The van der Waals surface area contributed by atoms with Gasteiger partial charge in [-0.05, 0) is 90.2 Å². The summed E-state index contributed by atoms with van der Waals surface area (Å²) in [6.07, 6.45) is 9.52. The molecule has 1 aromatic carbocycles. The molecule has 2 amide bonds. The molecule has 1 saturated heterocycles. The van der Waals surface area contributed by atoms with Crippen LogP contribution in [0, 0.1) is 12.8 Å². The lowest BCUT2D eigenvalue weighted by Gasteiger charge is -2.36. The highest BCUT2D eigenvalue weighted by molar-refractivity contribution is 6.12. The lowest BCUT2D eigenvalue weighted by Crippen LogP contribution is -2.44. The molecule has 0 radical (unpaired) electrons. The molecule has 2 aromatic heterocycles. The number of nitrogens with zero attached hydrogens (tertiary/aromatic N) is 4. The number of hydrogen-bond acceptors (Lipinski definition) is 5. The summed E-state index contributed by atoms with van der Waals surface area (Å²) >= 11 is 0. The molecule has 2 fully saturated rings. The molecule has 0 bridgehead atoms. The van der Waals surface area contributed by atoms with Gasteiger partial charge in [-0.25, -0.2) is 9.67 Å². The third-order valence-electron chi connectivity index (χ3n) is 8.46. The number of rotatable bonds is 7. The van der Waals surface area contributed by atoms with E-state index in [1.807, 2.05) is 29.8 Å². The van der Waals surface area contributed by atoms with E-state index in [1.165, 1.54) is 19.3 Å². The Kier molecular flexibility index (Phi) is 8.31. The highest BCUT2D eigenvalue weighted by atomic mass is 16.2. The molecule has 5 rings (SSSR count). The van der Waals surface area contributed by atoms with Crippen LogP contribution in [0.4, 0.5) is 5.69 Å². The van der Waals surface area contributed by atoms with Crippen LogP contribution in [0.5, 0.6) is 0 Å². The number of likely N-dealkylation sites (tertiary alicyclic amines) is 1. The first-order valence-electron chi connectivity index (χ1n) is 14.6. The van der Waals surface area contributed by atoms with Gasteiger partial charge in [0.25, 0.3) is 5.91 Å². The van der Waals surface area contributed by atoms with Gasteiger partial charge >= 0.3 is 0 Å². The predicted molar refractivity (Wildman–Crippen MR) is 155 cm³/mol. The van der Waals surface area contributed by atoms with Gasteiger partial charge in [0.1, 0.15) is 0 Å². The lowest BCUT2D eigenvalue weighted by atomic mass is 9.91. The molecular formula is C31H42N6O2. The second-order valence-corrected chi connectivity index (χ2v) is 11.6. The zero-order chi connectivity index (χ0) is 27.5. The first-order chi connectivity index (χ1) is 18.8. The molecule has 2 N–H and O–H groups in total. The summed E-state index contributed by atoms with van der Waals surface area (Å²) in [7, 11) is 0. The zero-order valence-corrected chi connectivity index (χ0v) is 23.7. The Bertz CT molecular complexity index is 1320. The third-order valence-corrected chi connectivity index (χ3v) is 8.46. The first-order valence-corrected chi connectivity index (χ1v) is 14.6. The van der Waals surface area contributed by atoms with Crippen molar-refractivity contribution in [3.63, 3.8) is 0 Å². The molecule has 1 unspecified atom stereocenters. The average molecular weight is 531 g/mol. The minimum Gasteiger partial charge on any atom is -0.353 e. The van der Waals surface area contributed by atoms with E-state index in [0.717, 1.165) is 66.8 Å². The van der Waals surface area contributed by atoms with E-state index >= 15 is 0 Å². The molecule has 3 heterocycles. The smallest absolute Gasteiger partial charge is 0.256 e. The number of pyridine rings is 1. The number of carbonyl (C=O) groups excluding carboxylic acids is 2. The van der Waals surface area contributed by atoms with E-state index in [-0.39, 0.29) is 29.8 Å². The third kappa shape index (κ3) is 6.16. The number of amides is 2. The SMILES string of the molecule is Cc1cc(C(=O)Nc2cccc(C(C)N3CCC(C(=O)NC4CCCCC4)CC3)c2)c2cnn(C(C)C)c2n1. The monoisotopic (exact) mass is 530 g/mol. The second kappa shape index (κ2) is 11.9. The Hall–Kier alpha value is -3.26. The van der Waals surface area contributed by atoms with E-state index in [9.17, 15) is 9.59 Å². The summed E-state index contributed by atoms with van der Waals surface area (Å²) in [6, 6.07) is 10.7. The van der Waals surface area contributed by atoms with Crippen molar-refractivity contribution in [1.29, 1.82) is 0 Å². The quantitative estimate of drug-likeness (QED) is 0.403. The summed E-state index contributed by atoms with van der Waals surface area (Å²) in [5, 5.41) is 11.6. The lowest BCUT2D eigenvalue weighted by molar-refractivity contribution is -0.127. The van der Waals surface area contributed by atoms with Crippen LogP contribution in [-0.2, 0) is 4.79 Å². The van der Waals surface area contributed by atoms with Gasteiger partial charge in [0.05, 0.1) is 17.1 Å². The Labute approximate surface area is 231 Å². The van der Waals surface area contributed by atoms with Gasteiger partial charge in [-0.3, -0.25) is 14.5 Å².